The van der Waals surface area contributed by atoms with E-state index in [4.69, 9.17) is 9.47 Å². The molecule has 1 unspecified atom stereocenters. The number of nitrogens with one attached hydrogen (secondary N) is 3. The molecule has 1 saturated heterocycles. The number of carbonyl (C=O) groups is 3. The van der Waals surface area contributed by atoms with Crippen molar-refractivity contribution in [1.29, 1.82) is 0 Å². The topological polar surface area (TPSA) is 126 Å². The minimum absolute atomic E-state index is 0.203. The Bertz CT molecular complexity index is 793. The molecule has 2 heterocycles. The van der Waals surface area contributed by atoms with Crippen molar-refractivity contribution in [3.05, 3.63) is 48.5 Å². The molecule has 3 rings (SSSR count). The van der Waals surface area contributed by atoms with Crippen molar-refractivity contribution in [2.24, 2.45) is 0 Å². The first-order chi connectivity index (χ1) is 13.1. The number of anilines is 1. The monoisotopic (exact) mass is 372 g/mol. The van der Waals surface area contributed by atoms with Crippen LogP contribution < -0.4 is 10.6 Å². The number of amides is 2. The Kier molecular flexibility index (Phi) is 5.82. The number of para-hydroxylation sites is 1. The lowest BCUT2D eigenvalue weighted by molar-refractivity contribution is -0.144. The Balaban J connectivity index is 1.64. The third kappa shape index (κ3) is 4.91. The van der Waals surface area contributed by atoms with Crippen LogP contribution in [0.1, 0.15) is 12.6 Å². The molecule has 9 heteroatoms. The van der Waals surface area contributed by atoms with Crippen LogP contribution in [-0.2, 0) is 30.3 Å². The molecular weight excluding hydrogens is 352 g/mol. The predicted molar refractivity (Wildman–Crippen MR) is 94.6 cm³/mol. The fraction of sp³-hybridized carbons (Fsp3) is 0.333. The number of nitrogens with zero attached hydrogens (tertiary/aromatic N) is 1. The van der Waals surface area contributed by atoms with E-state index >= 15 is 0 Å². The van der Waals surface area contributed by atoms with Gasteiger partial charge in [-0.25, -0.2) is 9.78 Å². The molecule has 1 aromatic carbocycles. The molecule has 1 aliphatic heterocycles. The average Bonchev–Trinajstić information content (AvgIpc) is 3.31. The van der Waals surface area contributed by atoms with Gasteiger partial charge in [-0.15, -0.1) is 0 Å². The lowest BCUT2D eigenvalue weighted by Gasteiger charge is -2.17. The Morgan fingerprint density at radius 3 is 2.70 bits per heavy atom. The number of carbonyl (C=O) groups excluding carboxylic acids is 3. The highest BCUT2D eigenvalue weighted by atomic mass is 16.6. The van der Waals surface area contributed by atoms with Crippen LogP contribution in [0.3, 0.4) is 0 Å². The van der Waals surface area contributed by atoms with Gasteiger partial charge in [0.05, 0.1) is 12.9 Å². The summed E-state index contributed by atoms with van der Waals surface area (Å²) >= 11 is 0. The first kappa shape index (κ1) is 18.6. The molecule has 2 aromatic rings. The van der Waals surface area contributed by atoms with Gasteiger partial charge in [0, 0.05) is 24.0 Å². The second-order valence-electron chi connectivity index (χ2n) is 5.93. The van der Waals surface area contributed by atoms with Crippen molar-refractivity contribution in [2.75, 3.05) is 11.9 Å². The van der Waals surface area contributed by atoms with Crippen LogP contribution in [0.15, 0.2) is 42.9 Å². The molecule has 0 aliphatic carbocycles. The maximum absolute atomic E-state index is 12.6. The fourth-order valence-electron chi connectivity index (χ4n) is 2.55. The van der Waals surface area contributed by atoms with Crippen molar-refractivity contribution in [2.45, 2.75) is 31.6 Å². The normalized spacial score (nSPS) is 19.0. The van der Waals surface area contributed by atoms with Gasteiger partial charge in [0.25, 0.3) is 5.91 Å². The van der Waals surface area contributed by atoms with Crippen molar-refractivity contribution in [1.82, 2.24) is 15.3 Å². The zero-order valence-corrected chi connectivity index (χ0v) is 14.7. The molecule has 2 amide bonds. The first-order valence-electron chi connectivity index (χ1n) is 8.54. The van der Waals surface area contributed by atoms with E-state index < -0.39 is 36.0 Å². The lowest BCUT2D eigenvalue weighted by atomic mass is 10.1. The number of hydrogen-bond acceptors (Lipinski definition) is 6. The number of imidazole rings is 1. The van der Waals surface area contributed by atoms with Crippen LogP contribution in [0.5, 0.6) is 0 Å². The van der Waals surface area contributed by atoms with Gasteiger partial charge >= 0.3 is 5.97 Å². The van der Waals surface area contributed by atoms with E-state index in [0.717, 1.165) is 0 Å². The van der Waals surface area contributed by atoms with E-state index in [-0.39, 0.29) is 13.0 Å². The molecule has 0 saturated carbocycles. The summed E-state index contributed by atoms with van der Waals surface area (Å²) in [5, 5.41) is 5.39. The summed E-state index contributed by atoms with van der Waals surface area (Å²) in [6.07, 6.45) is 1.41. The van der Waals surface area contributed by atoms with Crippen molar-refractivity contribution in [3.63, 3.8) is 0 Å². The van der Waals surface area contributed by atoms with Gasteiger partial charge < -0.3 is 25.1 Å². The molecular formula is C18H20N4O5. The first-order valence-corrected chi connectivity index (χ1v) is 8.54. The number of rotatable bonds is 8. The number of aromatic amines is 1. The quantitative estimate of drug-likeness (QED) is 0.455. The van der Waals surface area contributed by atoms with Gasteiger partial charge in [-0.05, 0) is 19.1 Å². The minimum atomic E-state index is -0.946. The average molecular weight is 372 g/mol. The van der Waals surface area contributed by atoms with Gasteiger partial charge in [0.15, 0.2) is 12.2 Å². The number of esters is 1. The molecule has 0 spiro atoms. The predicted octanol–water partition coefficient (Wildman–Crippen LogP) is 0.406. The Labute approximate surface area is 155 Å². The molecule has 1 aromatic heterocycles. The fourth-order valence-corrected chi connectivity index (χ4v) is 2.55. The second-order valence-corrected chi connectivity index (χ2v) is 5.93. The van der Waals surface area contributed by atoms with Gasteiger partial charge in [-0.2, -0.15) is 0 Å². The van der Waals surface area contributed by atoms with Crippen molar-refractivity contribution >= 4 is 23.5 Å². The van der Waals surface area contributed by atoms with Gasteiger partial charge in [-0.3, -0.25) is 9.59 Å². The largest absolute Gasteiger partial charge is 0.464 e. The highest BCUT2D eigenvalue weighted by Crippen LogP contribution is 2.24. The van der Waals surface area contributed by atoms with Crippen molar-refractivity contribution in [3.8, 4) is 0 Å². The molecule has 142 valence electrons. The highest BCUT2D eigenvalue weighted by Gasteiger charge is 2.52. The number of aromatic nitrogens is 2. The summed E-state index contributed by atoms with van der Waals surface area (Å²) in [6.45, 7) is 1.87. The lowest BCUT2D eigenvalue weighted by Crippen LogP contribution is -2.47. The smallest absolute Gasteiger partial charge is 0.338 e. The summed E-state index contributed by atoms with van der Waals surface area (Å²) < 4.78 is 9.92. The summed E-state index contributed by atoms with van der Waals surface area (Å²) in [7, 11) is 0. The van der Waals surface area contributed by atoms with Crippen molar-refractivity contribution < 1.29 is 23.9 Å². The van der Waals surface area contributed by atoms with E-state index in [0.29, 0.717) is 11.4 Å². The number of hydrogen-bond donors (Lipinski definition) is 3. The van der Waals surface area contributed by atoms with Crippen LogP contribution >= 0.6 is 0 Å². The number of ether oxygens (including phenoxy) is 2. The standard InChI is InChI=1S/C18H20N4O5/c1-2-26-18(25)15-14(27-15)17(24)22-13(8-12-9-19-10-20-12)16(23)21-11-6-4-3-5-7-11/h3-7,9-10,13-15H,2,8H2,1H3,(H,19,20)(H,21,23)(H,22,24)/t13?,14-,15-/m0/s1. The van der Waals surface area contributed by atoms with Crippen LogP contribution in [0.2, 0.25) is 0 Å². The zero-order valence-electron chi connectivity index (χ0n) is 14.7. The summed E-state index contributed by atoms with van der Waals surface area (Å²) in [4.78, 5) is 43.4. The Morgan fingerprint density at radius 1 is 1.26 bits per heavy atom. The second kappa shape index (κ2) is 8.45. The van der Waals surface area contributed by atoms with E-state index in [9.17, 15) is 14.4 Å². The Hall–Kier alpha value is -3.20. The molecule has 9 nitrogen and oxygen atoms in total. The number of benzene rings is 1. The third-order valence-corrected chi connectivity index (χ3v) is 3.92. The third-order valence-electron chi connectivity index (χ3n) is 3.92. The van der Waals surface area contributed by atoms with Crippen LogP contribution in [-0.4, -0.2) is 52.6 Å². The summed E-state index contributed by atoms with van der Waals surface area (Å²) in [6, 6.07) is 8.03. The van der Waals surface area contributed by atoms with Crippen LogP contribution in [0.4, 0.5) is 5.69 Å². The maximum Gasteiger partial charge on any atom is 0.338 e. The molecule has 1 aliphatic rings. The molecule has 1 fully saturated rings. The van der Waals surface area contributed by atoms with Crippen LogP contribution in [0, 0.1) is 0 Å². The SMILES string of the molecule is CCOC(=O)[C@H]1O[C@@H]1C(=O)NC(Cc1cnc[nH]1)C(=O)Nc1ccccc1. The Morgan fingerprint density at radius 2 is 2.04 bits per heavy atom. The van der Waals surface area contributed by atoms with Gasteiger partial charge in [0.2, 0.25) is 5.91 Å². The van der Waals surface area contributed by atoms with E-state index in [1.807, 2.05) is 6.07 Å². The van der Waals surface area contributed by atoms with Gasteiger partial charge in [-0.1, -0.05) is 18.2 Å². The molecule has 3 N–H and O–H groups in total. The molecule has 0 bridgehead atoms. The number of H-pyrrole nitrogens is 1. The maximum atomic E-state index is 12.6. The van der Waals surface area contributed by atoms with E-state index in [1.165, 1.54) is 6.33 Å². The molecule has 3 atom stereocenters. The van der Waals surface area contributed by atoms with E-state index in [1.54, 1.807) is 37.4 Å². The molecule has 27 heavy (non-hydrogen) atoms. The highest BCUT2D eigenvalue weighted by molar-refractivity contribution is 5.99. The number of epoxide rings is 1. The summed E-state index contributed by atoms with van der Waals surface area (Å²) in [5.41, 5.74) is 1.29. The minimum Gasteiger partial charge on any atom is -0.464 e. The van der Waals surface area contributed by atoms with Gasteiger partial charge in [0.1, 0.15) is 6.04 Å². The van der Waals surface area contributed by atoms with Crippen LogP contribution in [0.25, 0.3) is 0 Å². The summed E-state index contributed by atoms with van der Waals surface area (Å²) in [5.74, 6) is -1.52. The van der Waals surface area contributed by atoms with E-state index in [2.05, 4.69) is 20.6 Å². The zero-order chi connectivity index (χ0) is 19.2. The molecule has 0 radical (unpaired) electrons.